The number of para-hydroxylation sites is 2. The molecule has 0 saturated carbocycles. The van der Waals surface area contributed by atoms with Gasteiger partial charge in [-0.2, -0.15) is 4.99 Å². The first-order valence-electron chi connectivity index (χ1n) is 17.7. The Hall–Kier alpha value is -7.31. The van der Waals surface area contributed by atoms with Gasteiger partial charge in [-0.05, 0) is 70.1 Å². The molecule has 0 bridgehead atoms. The first-order chi connectivity index (χ1) is 26.2. The summed E-state index contributed by atoms with van der Waals surface area (Å²) >= 11 is 0. The average Bonchev–Trinajstić information content (AvgIpc) is 3.76. The number of furan rings is 1. The van der Waals surface area contributed by atoms with Crippen LogP contribution in [-0.2, 0) is 0 Å². The maximum atomic E-state index is 9.23. The third-order valence-electron chi connectivity index (χ3n) is 10.4. The molecule has 6 nitrogen and oxygen atoms in total. The van der Waals surface area contributed by atoms with Crippen LogP contribution in [0.25, 0.3) is 93.1 Å². The van der Waals surface area contributed by atoms with E-state index in [2.05, 4.69) is 107 Å². The number of rotatable bonds is 3. The molecule has 0 aliphatic rings. The van der Waals surface area contributed by atoms with E-state index in [1.165, 1.54) is 32.3 Å². The Bertz CT molecular complexity index is 3290. The van der Waals surface area contributed by atoms with Crippen molar-refractivity contribution in [3.8, 4) is 16.9 Å². The van der Waals surface area contributed by atoms with Gasteiger partial charge in [-0.3, -0.25) is 5.41 Å². The molecule has 6 heteroatoms. The molecular weight excluding hydrogens is 651 g/mol. The van der Waals surface area contributed by atoms with E-state index >= 15 is 0 Å². The van der Waals surface area contributed by atoms with Crippen LogP contribution in [0.3, 0.4) is 0 Å². The molecule has 0 fully saturated rings. The molecule has 0 aliphatic carbocycles. The second kappa shape index (κ2) is 11.4. The Balaban J connectivity index is 1.07. The molecule has 53 heavy (non-hydrogen) atoms. The molecule has 0 atom stereocenters. The van der Waals surface area contributed by atoms with Crippen LogP contribution in [-0.4, -0.2) is 20.4 Å². The van der Waals surface area contributed by atoms with Gasteiger partial charge in [0.25, 0.3) is 0 Å². The normalized spacial score (nSPS) is 12.3. The fraction of sp³-hybridized carbons (Fsp3) is 0. The van der Waals surface area contributed by atoms with E-state index in [9.17, 15) is 5.41 Å². The number of nitrogens with zero attached hydrogens (tertiary/aromatic N) is 3. The van der Waals surface area contributed by atoms with Gasteiger partial charge in [0.05, 0.1) is 22.2 Å². The van der Waals surface area contributed by atoms with Gasteiger partial charge in [0.15, 0.2) is 5.84 Å². The number of nitrogens with one attached hydrogen (secondary N) is 2. The summed E-state index contributed by atoms with van der Waals surface area (Å²) in [6.45, 7) is 0. The first kappa shape index (κ1) is 29.4. The number of aromatic amines is 1. The van der Waals surface area contributed by atoms with Crippen LogP contribution >= 0.6 is 0 Å². The molecule has 8 aromatic carbocycles. The van der Waals surface area contributed by atoms with Crippen molar-refractivity contribution in [3.05, 3.63) is 175 Å². The highest BCUT2D eigenvalue weighted by molar-refractivity contribution is 6.28. The fourth-order valence-corrected chi connectivity index (χ4v) is 8.05. The molecule has 3 aromatic heterocycles. The summed E-state index contributed by atoms with van der Waals surface area (Å²) < 4.78 is 8.53. The summed E-state index contributed by atoms with van der Waals surface area (Å²) in [7, 11) is 0. The van der Waals surface area contributed by atoms with Crippen molar-refractivity contribution in [2.75, 3.05) is 0 Å². The van der Waals surface area contributed by atoms with Gasteiger partial charge in [0.1, 0.15) is 11.2 Å². The highest BCUT2D eigenvalue weighted by Gasteiger charge is 2.18. The van der Waals surface area contributed by atoms with E-state index in [0.29, 0.717) is 11.2 Å². The topological polar surface area (TPSA) is 83.0 Å². The van der Waals surface area contributed by atoms with E-state index in [0.717, 1.165) is 60.8 Å². The quantitative estimate of drug-likeness (QED) is 0.144. The lowest BCUT2D eigenvalue weighted by Gasteiger charge is -2.10. The molecular formula is C47H29N5O. The minimum atomic E-state index is 0.112. The van der Waals surface area contributed by atoms with Crippen molar-refractivity contribution in [3.63, 3.8) is 0 Å². The molecule has 0 saturated heterocycles. The van der Waals surface area contributed by atoms with Crippen molar-refractivity contribution in [1.82, 2.24) is 14.5 Å². The van der Waals surface area contributed by atoms with E-state index < -0.39 is 0 Å². The van der Waals surface area contributed by atoms with Crippen LogP contribution in [0.4, 0.5) is 0 Å². The Morgan fingerprint density at radius 1 is 0.566 bits per heavy atom. The zero-order valence-electron chi connectivity index (χ0n) is 28.3. The summed E-state index contributed by atoms with van der Waals surface area (Å²) in [6, 6.07) is 56.4. The highest BCUT2D eigenvalue weighted by Crippen LogP contribution is 2.40. The molecule has 11 rings (SSSR count). The van der Waals surface area contributed by atoms with Gasteiger partial charge in [-0.15, -0.1) is 0 Å². The number of hydrogen-bond donors (Lipinski definition) is 2. The van der Waals surface area contributed by atoms with Crippen molar-refractivity contribution in [2.45, 2.75) is 0 Å². The van der Waals surface area contributed by atoms with E-state index in [4.69, 9.17) is 14.4 Å². The summed E-state index contributed by atoms with van der Waals surface area (Å²) in [5.74, 6) is 0.112. The molecule has 2 N–H and O–H groups in total. The molecule has 3 heterocycles. The lowest BCUT2D eigenvalue weighted by atomic mass is 10.00. The number of fused-ring (bicyclic) bond motifs is 11. The molecule has 248 valence electrons. The van der Waals surface area contributed by atoms with E-state index in [-0.39, 0.29) is 5.84 Å². The SMILES string of the molecule is N=C(/N=c1/nc(-c2ccc3c(c2)oc2ccccc23)c2ccccc2[nH]1)c1cccc(-n2c3ccc4ccccc4c3c3c4ccccc4ccc32)c1. The molecule has 11 aromatic rings. The number of hydrogen-bond acceptors (Lipinski definition) is 3. The Kier molecular flexibility index (Phi) is 6.30. The summed E-state index contributed by atoms with van der Waals surface area (Å²) in [6.07, 6.45) is 0. The third-order valence-corrected chi connectivity index (χ3v) is 10.4. The maximum absolute atomic E-state index is 9.23. The second-order valence-electron chi connectivity index (χ2n) is 13.5. The van der Waals surface area contributed by atoms with Crippen LogP contribution in [0.15, 0.2) is 173 Å². The largest absolute Gasteiger partial charge is 0.456 e. The number of benzene rings is 8. The molecule has 0 amide bonds. The van der Waals surface area contributed by atoms with Gasteiger partial charge in [0.2, 0.25) is 5.62 Å². The minimum Gasteiger partial charge on any atom is -0.456 e. The van der Waals surface area contributed by atoms with Gasteiger partial charge >= 0.3 is 0 Å². The standard InChI is InChI=1S/C47H29N5O/c48-46(51-47-49-38-18-7-5-17-37(38)45(50-47)30-20-23-36-35-16-6-8-19-41(35)53-42(36)27-30)31-12-9-13-32(26-31)52-39-24-21-28-10-1-3-14-33(28)43(39)44-34-15-4-2-11-29(34)22-25-40(44)52/h1-27H,(H2,48,49,50,51). The predicted molar refractivity (Wildman–Crippen MR) is 217 cm³/mol. The zero-order chi connectivity index (χ0) is 35.0. The van der Waals surface area contributed by atoms with Crippen LogP contribution in [0.1, 0.15) is 5.56 Å². The maximum Gasteiger partial charge on any atom is 0.229 e. The van der Waals surface area contributed by atoms with Crippen molar-refractivity contribution in [1.29, 1.82) is 5.41 Å². The van der Waals surface area contributed by atoms with Gasteiger partial charge in [-0.25, -0.2) is 4.98 Å². The lowest BCUT2D eigenvalue weighted by molar-refractivity contribution is 0.669. The second-order valence-corrected chi connectivity index (χ2v) is 13.5. The molecule has 0 aliphatic heterocycles. The highest BCUT2D eigenvalue weighted by atomic mass is 16.3. The third kappa shape index (κ3) is 4.56. The summed E-state index contributed by atoms with van der Waals surface area (Å²) in [5, 5.41) is 19.6. The number of H-pyrrole nitrogens is 1. The van der Waals surface area contributed by atoms with Gasteiger partial charge in [-0.1, -0.05) is 115 Å². The predicted octanol–water partition coefficient (Wildman–Crippen LogP) is 11.5. The van der Waals surface area contributed by atoms with Crippen LogP contribution in [0.5, 0.6) is 0 Å². The van der Waals surface area contributed by atoms with Gasteiger partial charge in [0, 0.05) is 43.7 Å². The van der Waals surface area contributed by atoms with Crippen molar-refractivity contribution >= 4 is 82.0 Å². The van der Waals surface area contributed by atoms with Crippen LogP contribution < -0.4 is 5.62 Å². The zero-order valence-corrected chi connectivity index (χ0v) is 28.3. The summed E-state index contributed by atoms with van der Waals surface area (Å²) in [4.78, 5) is 13.1. The Morgan fingerprint density at radius 2 is 1.21 bits per heavy atom. The van der Waals surface area contributed by atoms with Crippen molar-refractivity contribution < 1.29 is 4.42 Å². The van der Waals surface area contributed by atoms with Crippen LogP contribution in [0, 0.1) is 5.41 Å². The van der Waals surface area contributed by atoms with E-state index in [1.807, 2.05) is 66.7 Å². The van der Waals surface area contributed by atoms with Gasteiger partial charge < -0.3 is 14.0 Å². The molecule has 0 unspecified atom stereocenters. The number of aromatic nitrogens is 3. The summed E-state index contributed by atoms with van der Waals surface area (Å²) in [5.41, 5.74) is 8.46. The Morgan fingerprint density at radius 3 is 1.96 bits per heavy atom. The monoisotopic (exact) mass is 679 g/mol. The fourth-order valence-electron chi connectivity index (χ4n) is 8.05. The Labute approximate surface area is 302 Å². The lowest BCUT2D eigenvalue weighted by Crippen LogP contribution is -2.17. The number of amidine groups is 1. The average molecular weight is 680 g/mol. The minimum absolute atomic E-state index is 0.112. The molecule has 0 spiro atoms. The molecule has 0 radical (unpaired) electrons. The van der Waals surface area contributed by atoms with Crippen LogP contribution in [0.2, 0.25) is 0 Å². The first-order valence-corrected chi connectivity index (χ1v) is 17.7. The smallest absolute Gasteiger partial charge is 0.229 e. The van der Waals surface area contributed by atoms with Crippen molar-refractivity contribution in [2.24, 2.45) is 4.99 Å². The van der Waals surface area contributed by atoms with E-state index in [1.54, 1.807) is 0 Å².